The first-order valence-electron chi connectivity index (χ1n) is 9.42. The van der Waals surface area contributed by atoms with Crippen LogP contribution in [0.3, 0.4) is 0 Å². The fourth-order valence-electron chi connectivity index (χ4n) is 3.08. The van der Waals surface area contributed by atoms with E-state index in [1.165, 1.54) is 12.1 Å². The lowest BCUT2D eigenvalue weighted by Gasteiger charge is -2.08. The van der Waals surface area contributed by atoms with Gasteiger partial charge >= 0.3 is 5.97 Å². The van der Waals surface area contributed by atoms with Crippen molar-refractivity contribution in [3.05, 3.63) is 101 Å². The second kappa shape index (κ2) is 8.45. The number of fused-ring (bicyclic) bond motifs is 1. The minimum Gasteiger partial charge on any atom is -0.478 e. The van der Waals surface area contributed by atoms with Gasteiger partial charge in [0.25, 0.3) is 5.91 Å². The molecule has 0 saturated carbocycles. The number of H-pyrrole nitrogens is 1. The number of carbonyl (C=O) groups is 2. The van der Waals surface area contributed by atoms with Crippen molar-refractivity contribution in [3.63, 3.8) is 0 Å². The number of aromatic amines is 1. The quantitative estimate of drug-likeness (QED) is 0.427. The molecule has 1 heterocycles. The summed E-state index contributed by atoms with van der Waals surface area (Å²) in [4.78, 5) is 31.9. The van der Waals surface area contributed by atoms with Crippen LogP contribution in [-0.2, 0) is 11.3 Å². The van der Waals surface area contributed by atoms with Gasteiger partial charge in [-0.3, -0.25) is 4.79 Å². The van der Waals surface area contributed by atoms with Gasteiger partial charge in [0.05, 0.1) is 22.2 Å². The van der Waals surface area contributed by atoms with Crippen LogP contribution in [0, 0.1) is 0 Å². The number of hydrogen-bond acceptors (Lipinski definition) is 3. The zero-order chi connectivity index (χ0) is 20.9. The van der Waals surface area contributed by atoms with E-state index in [1.54, 1.807) is 18.2 Å². The lowest BCUT2D eigenvalue weighted by Crippen LogP contribution is -2.24. The van der Waals surface area contributed by atoms with Gasteiger partial charge in [0.1, 0.15) is 5.82 Å². The van der Waals surface area contributed by atoms with Crippen LogP contribution >= 0.6 is 0 Å². The van der Waals surface area contributed by atoms with Crippen LogP contribution in [0.2, 0.25) is 0 Å². The Morgan fingerprint density at radius 1 is 0.933 bits per heavy atom. The van der Waals surface area contributed by atoms with E-state index in [0.29, 0.717) is 23.5 Å². The van der Waals surface area contributed by atoms with E-state index in [2.05, 4.69) is 15.3 Å². The van der Waals surface area contributed by atoms with Crippen molar-refractivity contribution in [2.45, 2.75) is 6.54 Å². The maximum absolute atomic E-state index is 13.0. The number of nitrogens with one attached hydrogen (secondary N) is 2. The van der Waals surface area contributed by atoms with Gasteiger partial charge in [0, 0.05) is 6.54 Å². The number of carboxylic acids is 1. The number of aromatic carboxylic acids is 1. The van der Waals surface area contributed by atoms with Crippen LogP contribution < -0.4 is 5.32 Å². The number of rotatable bonds is 6. The number of nitrogens with zero attached hydrogens (tertiary/aromatic N) is 1. The average Bonchev–Trinajstić information content (AvgIpc) is 3.20. The topological polar surface area (TPSA) is 95.1 Å². The SMILES string of the molecule is O=C(NCc1ccccc1)/C(=C/c1ccc(C(=O)O)cc1)c1nc2ccccc2[nH]1. The molecule has 3 aromatic carbocycles. The predicted molar refractivity (Wildman–Crippen MR) is 116 cm³/mol. The summed E-state index contributed by atoms with van der Waals surface area (Å²) in [5.74, 6) is -0.826. The van der Waals surface area contributed by atoms with E-state index in [-0.39, 0.29) is 11.5 Å². The molecule has 3 N–H and O–H groups in total. The van der Waals surface area contributed by atoms with Crippen LogP contribution in [-0.4, -0.2) is 27.0 Å². The molecule has 0 aliphatic carbocycles. The van der Waals surface area contributed by atoms with Crippen LogP contribution in [0.25, 0.3) is 22.7 Å². The monoisotopic (exact) mass is 397 g/mol. The maximum Gasteiger partial charge on any atom is 0.335 e. The van der Waals surface area contributed by atoms with Gasteiger partial charge in [-0.15, -0.1) is 0 Å². The van der Waals surface area contributed by atoms with Crippen molar-refractivity contribution in [1.82, 2.24) is 15.3 Å². The predicted octanol–water partition coefficient (Wildman–Crippen LogP) is 4.12. The van der Waals surface area contributed by atoms with Gasteiger partial charge in [0.15, 0.2) is 0 Å². The molecule has 0 radical (unpaired) electrons. The Hall–Kier alpha value is -4.19. The summed E-state index contributed by atoms with van der Waals surface area (Å²) in [7, 11) is 0. The number of para-hydroxylation sites is 2. The zero-order valence-electron chi connectivity index (χ0n) is 16.0. The second-order valence-corrected chi connectivity index (χ2v) is 6.76. The highest BCUT2D eigenvalue weighted by Crippen LogP contribution is 2.20. The Balaban J connectivity index is 1.68. The molecule has 1 aromatic heterocycles. The van der Waals surface area contributed by atoms with E-state index in [1.807, 2.05) is 54.6 Å². The number of hydrogen-bond donors (Lipinski definition) is 3. The molecule has 148 valence electrons. The van der Waals surface area contributed by atoms with Gasteiger partial charge in [-0.1, -0.05) is 54.6 Å². The summed E-state index contributed by atoms with van der Waals surface area (Å²) in [5.41, 5.74) is 3.83. The highest BCUT2D eigenvalue weighted by atomic mass is 16.4. The number of benzene rings is 3. The summed E-state index contributed by atoms with van der Waals surface area (Å²) >= 11 is 0. The van der Waals surface area contributed by atoms with E-state index in [9.17, 15) is 9.59 Å². The third-order valence-corrected chi connectivity index (χ3v) is 4.65. The fraction of sp³-hybridized carbons (Fsp3) is 0.0417. The van der Waals surface area contributed by atoms with Gasteiger partial charge in [0.2, 0.25) is 0 Å². The van der Waals surface area contributed by atoms with Crippen molar-refractivity contribution in [1.29, 1.82) is 0 Å². The first-order chi connectivity index (χ1) is 14.6. The van der Waals surface area contributed by atoms with Gasteiger partial charge < -0.3 is 15.4 Å². The largest absolute Gasteiger partial charge is 0.478 e. The number of carboxylic acid groups (broad SMARTS) is 1. The molecular formula is C24H19N3O3. The normalized spacial score (nSPS) is 11.4. The minimum absolute atomic E-state index is 0.186. The molecule has 0 aliphatic heterocycles. The average molecular weight is 397 g/mol. The molecule has 30 heavy (non-hydrogen) atoms. The standard InChI is InChI=1S/C24H19N3O3/c28-23(25-15-17-6-2-1-3-7-17)19(14-16-10-12-18(13-11-16)24(29)30)22-26-20-8-4-5-9-21(20)27-22/h1-14H,15H2,(H,25,28)(H,26,27)(H,29,30)/b19-14+. The van der Waals surface area contributed by atoms with E-state index < -0.39 is 5.97 Å². The molecule has 6 nitrogen and oxygen atoms in total. The minimum atomic E-state index is -0.997. The van der Waals surface area contributed by atoms with E-state index >= 15 is 0 Å². The smallest absolute Gasteiger partial charge is 0.335 e. The lowest BCUT2D eigenvalue weighted by molar-refractivity contribution is -0.115. The molecule has 4 rings (SSSR count). The maximum atomic E-state index is 13.0. The molecule has 6 heteroatoms. The third-order valence-electron chi connectivity index (χ3n) is 4.65. The van der Waals surface area contributed by atoms with Crippen LogP contribution in [0.15, 0.2) is 78.9 Å². The fourth-order valence-corrected chi connectivity index (χ4v) is 3.08. The number of carbonyl (C=O) groups excluding carboxylic acids is 1. The molecule has 0 unspecified atom stereocenters. The van der Waals surface area contributed by atoms with Crippen molar-refractivity contribution in [3.8, 4) is 0 Å². The second-order valence-electron chi connectivity index (χ2n) is 6.76. The van der Waals surface area contributed by atoms with E-state index in [4.69, 9.17) is 5.11 Å². The zero-order valence-corrected chi connectivity index (χ0v) is 16.0. The third kappa shape index (κ3) is 4.28. The Bertz CT molecular complexity index is 1190. The summed E-state index contributed by atoms with van der Waals surface area (Å²) < 4.78 is 0. The lowest BCUT2D eigenvalue weighted by atomic mass is 10.1. The molecule has 0 aliphatic rings. The molecule has 0 bridgehead atoms. The highest BCUT2D eigenvalue weighted by Gasteiger charge is 2.16. The molecule has 0 saturated heterocycles. The van der Waals surface area contributed by atoms with Crippen LogP contribution in [0.5, 0.6) is 0 Å². The first-order valence-corrected chi connectivity index (χ1v) is 9.42. The Kier molecular flexibility index (Phi) is 5.39. The van der Waals surface area contributed by atoms with Crippen molar-refractivity contribution >= 4 is 34.6 Å². The van der Waals surface area contributed by atoms with Crippen LogP contribution in [0.1, 0.15) is 27.3 Å². The Morgan fingerprint density at radius 2 is 1.63 bits per heavy atom. The van der Waals surface area contributed by atoms with E-state index in [0.717, 1.165) is 16.6 Å². The molecule has 0 fully saturated rings. The van der Waals surface area contributed by atoms with Crippen molar-refractivity contribution in [2.24, 2.45) is 0 Å². The summed E-state index contributed by atoms with van der Waals surface area (Å²) in [6, 6.07) is 23.5. The molecule has 1 amide bonds. The van der Waals surface area contributed by atoms with Gasteiger partial charge in [-0.25, -0.2) is 9.78 Å². The molecule has 4 aromatic rings. The summed E-state index contributed by atoms with van der Waals surface area (Å²) in [6.07, 6.45) is 1.70. The van der Waals surface area contributed by atoms with Gasteiger partial charge in [-0.05, 0) is 41.5 Å². The first kappa shape index (κ1) is 19.1. The molecule has 0 atom stereocenters. The van der Waals surface area contributed by atoms with Crippen LogP contribution in [0.4, 0.5) is 0 Å². The number of amides is 1. The molecular weight excluding hydrogens is 378 g/mol. The Labute approximate surface area is 172 Å². The van der Waals surface area contributed by atoms with Crippen molar-refractivity contribution < 1.29 is 14.7 Å². The summed E-state index contributed by atoms with van der Waals surface area (Å²) in [6.45, 7) is 0.384. The highest BCUT2D eigenvalue weighted by molar-refractivity contribution is 6.23. The summed E-state index contributed by atoms with van der Waals surface area (Å²) in [5, 5.41) is 12.0. The van der Waals surface area contributed by atoms with Gasteiger partial charge in [-0.2, -0.15) is 0 Å². The number of imidazole rings is 1. The number of aromatic nitrogens is 2. The Morgan fingerprint density at radius 3 is 2.33 bits per heavy atom. The van der Waals surface area contributed by atoms with Crippen molar-refractivity contribution in [2.75, 3.05) is 0 Å². The molecule has 0 spiro atoms.